The Labute approximate surface area is 219 Å². The number of benzene rings is 1. The van der Waals surface area contributed by atoms with Crippen LogP contribution in [-0.2, 0) is 16.0 Å². The largest absolute Gasteiger partial charge is 0.404 e. The van der Waals surface area contributed by atoms with E-state index in [2.05, 4.69) is 29.1 Å². The van der Waals surface area contributed by atoms with E-state index < -0.39 is 24.0 Å². The molecule has 1 aromatic carbocycles. The molecule has 37 heavy (non-hydrogen) atoms. The quantitative estimate of drug-likeness (QED) is 0.468. The van der Waals surface area contributed by atoms with Crippen LogP contribution >= 0.6 is 0 Å². The summed E-state index contributed by atoms with van der Waals surface area (Å²) in [6.07, 6.45) is 7.00. The Bertz CT molecular complexity index is 998. The molecule has 1 saturated heterocycles. The lowest BCUT2D eigenvalue weighted by atomic mass is 9.87. The molecule has 8 heteroatoms. The van der Waals surface area contributed by atoms with Gasteiger partial charge in [-0.15, -0.1) is 0 Å². The van der Waals surface area contributed by atoms with Crippen LogP contribution in [0.1, 0.15) is 81.4 Å². The predicted octanol–water partition coefficient (Wildman–Crippen LogP) is 4.67. The fraction of sp³-hybridized carbons (Fsp3) is 0.655. The molecule has 0 spiro atoms. The maximum atomic E-state index is 15.1. The molecule has 3 fully saturated rings. The van der Waals surface area contributed by atoms with E-state index in [1.807, 2.05) is 18.2 Å². The summed E-state index contributed by atoms with van der Waals surface area (Å²) < 4.78 is 36.5. The monoisotopic (exact) mass is 516 g/mol. The summed E-state index contributed by atoms with van der Waals surface area (Å²) in [4.78, 5) is 19.7. The van der Waals surface area contributed by atoms with Crippen molar-refractivity contribution in [1.29, 1.82) is 0 Å². The molecule has 1 aliphatic heterocycles. The Morgan fingerprint density at radius 2 is 1.97 bits per heavy atom. The molecule has 0 bridgehead atoms. The van der Waals surface area contributed by atoms with Gasteiger partial charge in [0.1, 0.15) is 6.04 Å². The van der Waals surface area contributed by atoms with Crippen LogP contribution in [0.2, 0.25) is 0 Å². The summed E-state index contributed by atoms with van der Waals surface area (Å²) in [5.74, 6) is -3.04. The average Bonchev–Trinajstić information content (AvgIpc) is 3.70. The number of alkyl halides is 2. The number of ether oxygens (including phenoxy) is 1. The fourth-order valence-electron chi connectivity index (χ4n) is 5.87. The number of piperidine rings is 1. The molecular formula is C29H42F2N4O2. The third kappa shape index (κ3) is 6.77. The minimum Gasteiger partial charge on any atom is -0.404 e. The molecule has 3 N–H and O–H groups in total. The molecule has 6 nitrogen and oxygen atoms in total. The second-order valence-electron chi connectivity index (χ2n) is 11.0. The molecule has 2 aliphatic carbocycles. The van der Waals surface area contributed by atoms with Crippen molar-refractivity contribution in [2.45, 2.75) is 101 Å². The first-order valence-corrected chi connectivity index (χ1v) is 13.8. The summed E-state index contributed by atoms with van der Waals surface area (Å²) >= 11 is 0. The van der Waals surface area contributed by atoms with Gasteiger partial charge in [0.05, 0.1) is 18.6 Å². The van der Waals surface area contributed by atoms with Crippen molar-refractivity contribution in [2.75, 3.05) is 20.1 Å². The summed E-state index contributed by atoms with van der Waals surface area (Å²) in [6, 6.07) is 4.96. The van der Waals surface area contributed by atoms with Crippen LogP contribution in [-0.4, -0.2) is 67.4 Å². The van der Waals surface area contributed by atoms with Gasteiger partial charge in [-0.05, 0) is 75.0 Å². The van der Waals surface area contributed by atoms with Gasteiger partial charge < -0.3 is 20.7 Å². The van der Waals surface area contributed by atoms with Gasteiger partial charge in [0.25, 0.3) is 5.92 Å². The first-order valence-electron chi connectivity index (χ1n) is 13.8. The predicted molar refractivity (Wildman–Crippen MR) is 144 cm³/mol. The number of likely N-dealkylation sites (tertiary alicyclic amines) is 1. The van der Waals surface area contributed by atoms with E-state index in [0.29, 0.717) is 24.8 Å². The minimum atomic E-state index is -2.99. The van der Waals surface area contributed by atoms with E-state index in [1.54, 1.807) is 13.3 Å². The zero-order chi connectivity index (χ0) is 26.6. The summed E-state index contributed by atoms with van der Waals surface area (Å²) in [5.41, 5.74) is 9.56. The smallest absolute Gasteiger partial charge is 0.270 e. The number of nitrogens with zero attached hydrogens (tertiary/aromatic N) is 2. The third-order valence-electron chi connectivity index (χ3n) is 8.01. The number of carbonyl (C=O) groups excluding carboxylic acids is 1. The molecule has 3 aliphatic rings. The van der Waals surface area contributed by atoms with Crippen molar-refractivity contribution in [1.82, 2.24) is 10.2 Å². The van der Waals surface area contributed by atoms with E-state index in [1.165, 1.54) is 6.20 Å². The lowest BCUT2D eigenvalue weighted by molar-refractivity contribution is -0.157. The number of nitrogens with two attached hydrogens (primary N) is 1. The highest BCUT2D eigenvalue weighted by molar-refractivity contribution is 6.10. The van der Waals surface area contributed by atoms with Crippen LogP contribution < -0.4 is 11.1 Å². The second kappa shape index (κ2) is 12.0. The van der Waals surface area contributed by atoms with Crippen molar-refractivity contribution in [3.63, 3.8) is 0 Å². The van der Waals surface area contributed by atoms with Crippen LogP contribution in [0.25, 0.3) is 5.57 Å². The lowest BCUT2D eigenvalue weighted by Crippen LogP contribution is -2.58. The lowest BCUT2D eigenvalue weighted by Gasteiger charge is -2.42. The highest BCUT2D eigenvalue weighted by atomic mass is 19.3. The molecule has 0 unspecified atom stereocenters. The van der Waals surface area contributed by atoms with Gasteiger partial charge in [-0.2, -0.15) is 0 Å². The molecule has 0 aromatic heterocycles. The molecular weight excluding hydrogens is 474 g/mol. The van der Waals surface area contributed by atoms with E-state index in [9.17, 15) is 4.79 Å². The van der Waals surface area contributed by atoms with Gasteiger partial charge in [0.15, 0.2) is 0 Å². The Morgan fingerprint density at radius 3 is 2.59 bits per heavy atom. The van der Waals surface area contributed by atoms with Crippen LogP contribution in [0.15, 0.2) is 29.4 Å². The van der Waals surface area contributed by atoms with Crippen molar-refractivity contribution in [3.05, 3.63) is 41.1 Å². The molecule has 0 radical (unpaired) electrons. The number of nitrogens with one attached hydrogen (secondary N) is 1. The van der Waals surface area contributed by atoms with E-state index in [-0.39, 0.29) is 18.9 Å². The van der Waals surface area contributed by atoms with Gasteiger partial charge in [0.2, 0.25) is 5.91 Å². The SMILES string of the molecule is CN=C/C(=C\N)c1cccc(CC(=O)N[C@@H]2[C@@H](OC3CCN(C(C)C)CC3)CCCC2(F)F)c1C1CC1. The fourth-order valence-corrected chi connectivity index (χ4v) is 5.87. The normalized spacial score (nSPS) is 25.6. The number of rotatable bonds is 9. The summed E-state index contributed by atoms with van der Waals surface area (Å²) in [5, 5.41) is 2.71. The molecule has 2 atom stereocenters. The van der Waals surface area contributed by atoms with Crippen LogP contribution in [0.4, 0.5) is 8.78 Å². The number of hydrogen-bond donors (Lipinski definition) is 2. The van der Waals surface area contributed by atoms with Gasteiger partial charge in [-0.3, -0.25) is 9.79 Å². The number of allylic oxidation sites excluding steroid dienone is 1. The standard InChI is InChI=1S/C29H42F2N4O2/c1-19(2)35-14-11-23(12-15-35)37-25-8-5-13-29(30,31)28(25)34-26(36)16-21-6-4-7-24(22(17-32)18-33-3)27(21)20-9-10-20/h4,6-7,17-20,23,25,28H,5,8-16,32H2,1-3H3,(H,34,36)/b22-17+,33-18?/t25-,28+/m0/s1. The molecule has 4 rings (SSSR count). The number of carbonyl (C=O) groups is 1. The summed E-state index contributed by atoms with van der Waals surface area (Å²) in [6.45, 7) is 6.15. The van der Waals surface area contributed by atoms with Crippen molar-refractivity contribution in [3.8, 4) is 0 Å². The second-order valence-corrected chi connectivity index (χ2v) is 11.0. The Morgan fingerprint density at radius 1 is 1.24 bits per heavy atom. The number of aliphatic imine (C=N–C) groups is 1. The third-order valence-corrected chi connectivity index (χ3v) is 8.01. The molecule has 204 valence electrons. The maximum Gasteiger partial charge on any atom is 0.270 e. The Hall–Kier alpha value is -2.32. The zero-order valence-electron chi connectivity index (χ0n) is 22.4. The Balaban J connectivity index is 1.47. The number of halogens is 2. The average molecular weight is 517 g/mol. The minimum absolute atomic E-state index is 0.0480. The van der Waals surface area contributed by atoms with E-state index >= 15 is 8.78 Å². The van der Waals surface area contributed by atoms with Gasteiger partial charge in [0, 0.05) is 50.6 Å². The van der Waals surface area contributed by atoms with Crippen LogP contribution in [0.5, 0.6) is 0 Å². The Kier molecular flexibility index (Phi) is 9.01. The van der Waals surface area contributed by atoms with Crippen LogP contribution in [0, 0.1) is 0 Å². The van der Waals surface area contributed by atoms with Crippen molar-refractivity contribution in [2.24, 2.45) is 10.7 Å². The van der Waals surface area contributed by atoms with Crippen molar-refractivity contribution >= 4 is 17.7 Å². The van der Waals surface area contributed by atoms with E-state index in [0.717, 1.165) is 61.0 Å². The maximum absolute atomic E-state index is 15.1. The highest BCUT2D eigenvalue weighted by Gasteiger charge is 2.49. The van der Waals surface area contributed by atoms with Gasteiger partial charge in [-0.1, -0.05) is 18.2 Å². The number of hydrogen-bond acceptors (Lipinski definition) is 5. The van der Waals surface area contributed by atoms with Gasteiger partial charge >= 0.3 is 0 Å². The topological polar surface area (TPSA) is 79.9 Å². The van der Waals surface area contributed by atoms with Gasteiger partial charge in [-0.25, -0.2) is 8.78 Å². The summed E-state index contributed by atoms with van der Waals surface area (Å²) in [7, 11) is 1.69. The highest BCUT2D eigenvalue weighted by Crippen LogP contribution is 2.45. The van der Waals surface area contributed by atoms with Crippen LogP contribution in [0.3, 0.4) is 0 Å². The first-order chi connectivity index (χ1) is 17.7. The number of amides is 1. The molecule has 1 amide bonds. The molecule has 1 aromatic rings. The zero-order valence-corrected chi connectivity index (χ0v) is 22.4. The first kappa shape index (κ1) is 27.7. The van der Waals surface area contributed by atoms with E-state index in [4.69, 9.17) is 10.5 Å². The van der Waals surface area contributed by atoms with Crippen molar-refractivity contribution < 1.29 is 18.3 Å². The molecule has 2 saturated carbocycles. The molecule has 1 heterocycles.